The van der Waals surface area contributed by atoms with Crippen LogP contribution in [0.15, 0.2) is 77.4 Å². The summed E-state index contributed by atoms with van der Waals surface area (Å²) in [5, 5.41) is 3.87. The second kappa shape index (κ2) is 10.8. The molecular formula is C29H29NO5. The van der Waals surface area contributed by atoms with Crippen molar-refractivity contribution in [2.75, 3.05) is 20.8 Å². The van der Waals surface area contributed by atoms with Crippen LogP contribution in [0.4, 0.5) is 0 Å². The largest absolute Gasteiger partial charge is 0.497 e. The van der Waals surface area contributed by atoms with Gasteiger partial charge in [0.25, 0.3) is 0 Å². The third kappa shape index (κ3) is 5.49. The molecule has 0 atom stereocenters. The summed E-state index contributed by atoms with van der Waals surface area (Å²) in [5.41, 5.74) is 5.22. The summed E-state index contributed by atoms with van der Waals surface area (Å²) >= 11 is 0. The van der Waals surface area contributed by atoms with Crippen molar-refractivity contribution in [3.8, 4) is 28.4 Å². The zero-order chi connectivity index (χ0) is 24.8. The van der Waals surface area contributed by atoms with Gasteiger partial charge in [-0.25, -0.2) is 0 Å². The molecule has 0 unspecified atom stereocenters. The van der Waals surface area contributed by atoms with Crippen LogP contribution >= 0.6 is 0 Å². The van der Waals surface area contributed by atoms with E-state index in [4.69, 9.17) is 18.6 Å². The van der Waals surface area contributed by atoms with E-state index in [9.17, 15) is 4.79 Å². The van der Waals surface area contributed by atoms with Crippen molar-refractivity contribution in [2.24, 2.45) is 0 Å². The number of nitrogens with one attached hydrogen (secondary N) is 1. The van der Waals surface area contributed by atoms with Gasteiger partial charge < -0.3 is 23.9 Å². The molecule has 6 heteroatoms. The summed E-state index contributed by atoms with van der Waals surface area (Å²) in [7, 11) is 3.27. The topological polar surface area (TPSA) is 69.9 Å². The number of methoxy groups -OCH3 is 2. The Kier molecular flexibility index (Phi) is 7.41. The maximum absolute atomic E-state index is 12.7. The van der Waals surface area contributed by atoms with Gasteiger partial charge in [-0.05, 0) is 60.9 Å². The summed E-state index contributed by atoms with van der Waals surface area (Å²) in [6, 6.07) is 19.3. The molecule has 4 aromatic rings. The molecule has 0 saturated heterocycles. The lowest BCUT2D eigenvalue weighted by Gasteiger charge is -2.12. The summed E-state index contributed by atoms with van der Waals surface area (Å²) in [6.45, 7) is 4.73. The number of hydrogen-bond acceptors (Lipinski definition) is 5. The molecule has 0 spiro atoms. The molecule has 1 N–H and O–H groups in total. The van der Waals surface area contributed by atoms with E-state index in [0.29, 0.717) is 24.5 Å². The maximum atomic E-state index is 12.7. The lowest BCUT2D eigenvalue weighted by atomic mass is 9.99. The predicted molar refractivity (Wildman–Crippen MR) is 138 cm³/mol. The van der Waals surface area contributed by atoms with Crippen molar-refractivity contribution in [1.29, 1.82) is 0 Å². The van der Waals surface area contributed by atoms with E-state index in [2.05, 4.69) is 5.32 Å². The molecule has 0 bridgehead atoms. The van der Waals surface area contributed by atoms with Crippen molar-refractivity contribution < 1.29 is 23.4 Å². The van der Waals surface area contributed by atoms with Crippen LogP contribution in [0.1, 0.15) is 25.0 Å². The van der Waals surface area contributed by atoms with E-state index in [1.165, 1.54) is 0 Å². The number of hydrogen-bond donors (Lipinski definition) is 1. The van der Waals surface area contributed by atoms with Crippen LogP contribution in [0.3, 0.4) is 0 Å². The van der Waals surface area contributed by atoms with Crippen LogP contribution in [0, 0.1) is 0 Å². The fourth-order valence-electron chi connectivity index (χ4n) is 3.95. The highest BCUT2D eigenvalue weighted by Gasteiger charge is 2.16. The van der Waals surface area contributed by atoms with Gasteiger partial charge in [0, 0.05) is 35.2 Å². The number of carbonyl (C=O) groups is 1. The van der Waals surface area contributed by atoms with Crippen molar-refractivity contribution in [2.45, 2.75) is 20.4 Å². The number of furan rings is 1. The first-order chi connectivity index (χ1) is 17.0. The van der Waals surface area contributed by atoms with E-state index in [0.717, 1.165) is 44.7 Å². The van der Waals surface area contributed by atoms with Crippen LogP contribution in [0.2, 0.25) is 0 Å². The lowest BCUT2D eigenvalue weighted by molar-refractivity contribution is -0.116. The molecule has 0 aliphatic carbocycles. The number of fused-ring (bicyclic) bond motifs is 1. The fourth-order valence-corrected chi connectivity index (χ4v) is 3.95. The van der Waals surface area contributed by atoms with Crippen molar-refractivity contribution in [3.05, 3.63) is 84.1 Å². The van der Waals surface area contributed by atoms with Gasteiger partial charge in [0.15, 0.2) is 0 Å². The molecule has 3 aromatic carbocycles. The van der Waals surface area contributed by atoms with Crippen molar-refractivity contribution >= 4 is 22.4 Å². The quantitative estimate of drug-likeness (QED) is 0.293. The number of rotatable bonds is 9. The average molecular weight is 472 g/mol. The third-order valence-corrected chi connectivity index (χ3v) is 5.73. The average Bonchev–Trinajstić information content (AvgIpc) is 3.30. The van der Waals surface area contributed by atoms with E-state index in [1.54, 1.807) is 26.6 Å². The molecule has 0 fully saturated rings. The first kappa shape index (κ1) is 24.0. The van der Waals surface area contributed by atoms with Crippen molar-refractivity contribution in [3.63, 3.8) is 0 Å². The van der Waals surface area contributed by atoms with Gasteiger partial charge in [-0.15, -0.1) is 0 Å². The van der Waals surface area contributed by atoms with Crippen LogP contribution in [0.5, 0.6) is 17.2 Å². The minimum atomic E-state index is -0.187. The Balaban J connectivity index is 1.64. The smallest absolute Gasteiger partial charge is 0.244 e. The number of ether oxygens (including phenoxy) is 3. The van der Waals surface area contributed by atoms with Crippen molar-refractivity contribution in [1.82, 2.24) is 5.32 Å². The molecule has 6 nitrogen and oxygen atoms in total. The van der Waals surface area contributed by atoms with Crippen LogP contribution in [0.25, 0.3) is 27.7 Å². The Bertz CT molecular complexity index is 1370. The SMILES string of the molecule is CCOc1cc2occ(-c3cccc(OC)c3)c2cc1/C(C)=C/C(=O)NCc1cccc(OC)c1. The molecular weight excluding hydrogens is 442 g/mol. The maximum Gasteiger partial charge on any atom is 0.244 e. The van der Waals surface area contributed by atoms with Gasteiger partial charge in [0.1, 0.15) is 22.8 Å². The minimum absolute atomic E-state index is 0.187. The van der Waals surface area contributed by atoms with Crippen LogP contribution in [-0.4, -0.2) is 26.7 Å². The van der Waals surface area contributed by atoms with Gasteiger partial charge >= 0.3 is 0 Å². The Morgan fingerprint density at radius 2 is 1.74 bits per heavy atom. The summed E-state index contributed by atoms with van der Waals surface area (Å²) < 4.78 is 22.4. The summed E-state index contributed by atoms with van der Waals surface area (Å²) in [5.74, 6) is 2.01. The molecule has 0 aliphatic heterocycles. The Hall–Kier alpha value is -4.19. The van der Waals surface area contributed by atoms with Crippen LogP contribution < -0.4 is 19.5 Å². The van der Waals surface area contributed by atoms with E-state index >= 15 is 0 Å². The molecule has 180 valence electrons. The highest BCUT2D eigenvalue weighted by molar-refractivity contribution is 6.00. The highest BCUT2D eigenvalue weighted by atomic mass is 16.5. The standard InChI is InChI=1S/C29H29NO5/c1-5-34-27-16-28-25(26(18-35-28)21-9-7-11-23(14-21)33-4)15-24(27)19(2)12-29(31)30-17-20-8-6-10-22(13-20)32-3/h6-16,18H,5,17H2,1-4H3,(H,30,31)/b19-12+. The lowest BCUT2D eigenvalue weighted by Crippen LogP contribution is -2.20. The zero-order valence-corrected chi connectivity index (χ0v) is 20.4. The van der Waals surface area contributed by atoms with Crippen LogP contribution in [-0.2, 0) is 11.3 Å². The highest BCUT2D eigenvalue weighted by Crippen LogP contribution is 2.38. The predicted octanol–water partition coefficient (Wildman–Crippen LogP) is 6.24. The van der Waals surface area contributed by atoms with Gasteiger partial charge in [0.05, 0.1) is 27.1 Å². The number of carbonyl (C=O) groups excluding carboxylic acids is 1. The molecule has 1 amide bonds. The normalized spacial score (nSPS) is 11.4. The minimum Gasteiger partial charge on any atom is -0.497 e. The summed E-state index contributed by atoms with van der Waals surface area (Å²) in [4.78, 5) is 12.7. The molecule has 0 radical (unpaired) electrons. The molecule has 1 aromatic heterocycles. The molecule has 1 heterocycles. The molecule has 35 heavy (non-hydrogen) atoms. The number of amides is 1. The zero-order valence-electron chi connectivity index (χ0n) is 20.4. The fraction of sp³-hybridized carbons (Fsp3) is 0.207. The molecule has 0 aliphatic rings. The van der Waals surface area contributed by atoms with E-state index in [1.807, 2.05) is 74.5 Å². The first-order valence-electron chi connectivity index (χ1n) is 11.4. The Morgan fingerprint density at radius 3 is 2.49 bits per heavy atom. The second-order valence-electron chi connectivity index (χ2n) is 8.06. The Morgan fingerprint density at radius 1 is 1.00 bits per heavy atom. The first-order valence-corrected chi connectivity index (χ1v) is 11.4. The number of benzene rings is 3. The number of allylic oxidation sites excluding steroid dienone is 1. The van der Waals surface area contributed by atoms with E-state index in [-0.39, 0.29) is 5.91 Å². The Labute approximate surface area is 205 Å². The van der Waals surface area contributed by atoms with Gasteiger partial charge in [-0.3, -0.25) is 4.79 Å². The van der Waals surface area contributed by atoms with Gasteiger partial charge in [-0.2, -0.15) is 0 Å². The summed E-state index contributed by atoms with van der Waals surface area (Å²) in [6.07, 6.45) is 3.33. The van der Waals surface area contributed by atoms with Gasteiger partial charge in [0.2, 0.25) is 5.91 Å². The monoisotopic (exact) mass is 471 g/mol. The molecule has 4 rings (SSSR count). The second-order valence-corrected chi connectivity index (χ2v) is 8.06. The van der Waals surface area contributed by atoms with E-state index < -0.39 is 0 Å². The molecule has 0 saturated carbocycles. The van der Waals surface area contributed by atoms with Gasteiger partial charge in [-0.1, -0.05) is 24.3 Å². The third-order valence-electron chi connectivity index (χ3n) is 5.73.